The third-order valence-electron chi connectivity index (χ3n) is 5.82. The minimum atomic E-state index is 0.711. The molecule has 3 aromatic rings. The molecule has 33 heavy (non-hydrogen) atoms. The molecule has 1 aliphatic heterocycles. The second kappa shape index (κ2) is 10.6. The van der Waals surface area contributed by atoms with E-state index in [0.29, 0.717) is 5.02 Å². The largest absolute Gasteiger partial charge is 0.402 e. The molecular weight excluding hydrogens is 432 g/mol. The van der Waals surface area contributed by atoms with Crippen molar-refractivity contribution >= 4 is 28.8 Å². The number of para-hydroxylation sites is 1. The Labute approximate surface area is 200 Å². The van der Waals surface area contributed by atoms with Crippen LogP contribution in [0.1, 0.15) is 13.8 Å². The zero-order chi connectivity index (χ0) is 23.2. The molecule has 1 fully saturated rings. The summed E-state index contributed by atoms with van der Waals surface area (Å²) in [5, 5.41) is 0.711. The maximum atomic E-state index is 6.26. The lowest BCUT2D eigenvalue weighted by Crippen LogP contribution is -2.48. The number of hydrogen-bond donors (Lipinski definition) is 1. The summed E-state index contributed by atoms with van der Waals surface area (Å²) in [5.41, 5.74) is 12.0. The van der Waals surface area contributed by atoms with Gasteiger partial charge < -0.3 is 10.6 Å². The molecule has 0 spiro atoms. The van der Waals surface area contributed by atoms with Crippen LogP contribution in [0.2, 0.25) is 5.02 Å². The van der Waals surface area contributed by atoms with E-state index in [1.807, 2.05) is 68.4 Å². The molecule has 2 aromatic carbocycles. The van der Waals surface area contributed by atoms with E-state index in [4.69, 9.17) is 22.3 Å². The zero-order valence-corrected chi connectivity index (χ0v) is 19.8. The Morgan fingerprint density at radius 3 is 2.27 bits per heavy atom. The van der Waals surface area contributed by atoms with Gasteiger partial charge in [-0.05, 0) is 38.1 Å². The van der Waals surface area contributed by atoms with Crippen LogP contribution in [0.3, 0.4) is 0 Å². The Balaban J connectivity index is 1.45. The molecule has 0 aliphatic carbocycles. The van der Waals surface area contributed by atoms with Crippen LogP contribution in [0.4, 0.5) is 11.5 Å². The highest BCUT2D eigenvalue weighted by atomic mass is 35.5. The number of piperazine rings is 1. The Hall–Kier alpha value is -3.22. The SMILES string of the molecule is CC(=Nc1ccccc1)/C(CN1CCN(c2nccnc2-c2ccc(Cl)cc2)CC1)=C(/C)N. The molecule has 6 nitrogen and oxygen atoms in total. The summed E-state index contributed by atoms with van der Waals surface area (Å²) in [7, 11) is 0. The molecule has 1 saturated heterocycles. The van der Waals surface area contributed by atoms with Gasteiger partial charge in [-0.1, -0.05) is 41.9 Å². The lowest BCUT2D eigenvalue weighted by atomic mass is 10.1. The number of aromatic nitrogens is 2. The first-order chi connectivity index (χ1) is 16.0. The number of halogens is 1. The summed E-state index contributed by atoms with van der Waals surface area (Å²) in [6.45, 7) is 8.32. The minimum absolute atomic E-state index is 0.711. The van der Waals surface area contributed by atoms with E-state index in [9.17, 15) is 0 Å². The Morgan fingerprint density at radius 2 is 1.61 bits per heavy atom. The number of benzene rings is 2. The summed E-state index contributed by atoms with van der Waals surface area (Å²) in [6.07, 6.45) is 3.49. The fraction of sp³-hybridized carbons (Fsp3) is 0.269. The van der Waals surface area contributed by atoms with Gasteiger partial charge in [0.05, 0.1) is 5.69 Å². The fourth-order valence-corrected chi connectivity index (χ4v) is 4.13. The van der Waals surface area contributed by atoms with Gasteiger partial charge in [-0.3, -0.25) is 14.9 Å². The van der Waals surface area contributed by atoms with Gasteiger partial charge in [0.25, 0.3) is 0 Å². The zero-order valence-electron chi connectivity index (χ0n) is 19.1. The van der Waals surface area contributed by atoms with Gasteiger partial charge in [-0.15, -0.1) is 0 Å². The highest BCUT2D eigenvalue weighted by Crippen LogP contribution is 2.28. The number of rotatable bonds is 6. The quantitative estimate of drug-likeness (QED) is 0.527. The molecular formula is C26H29ClN6. The van der Waals surface area contributed by atoms with Crippen molar-refractivity contribution in [3.8, 4) is 11.3 Å². The van der Waals surface area contributed by atoms with Crippen molar-refractivity contribution in [2.24, 2.45) is 10.7 Å². The summed E-state index contributed by atoms with van der Waals surface area (Å²) in [6, 6.07) is 17.7. The first-order valence-corrected chi connectivity index (χ1v) is 11.5. The first-order valence-electron chi connectivity index (χ1n) is 11.1. The fourth-order valence-electron chi connectivity index (χ4n) is 4.00. The van der Waals surface area contributed by atoms with E-state index in [1.165, 1.54) is 0 Å². The van der Waals surface area contributed by atoms with Crippen molar-refractivity contribution in [2.75, 3.05) is 37.6 Å². The maximum absolute atomic E-state index is 6.26. The summed E-state index contributed by atoms with van der Waals surface area (Å²) < 4.78 is 0. The summed E-state index contributed by atoms with van der Waals surface area (Å²) >= 11 is 6.06. The lowest BCUT2D eigenvalue weighted by Gasteiger charge is -2.36. The van der Waals surface area contributed by atoms with Crippen molar-refractivity contribution in [2.45, 2.75) is 13.8 Å². The molecule has 1 aromatic heterocycles. The van der Waals surface area contributed by atoms with E-state index in [-0.39, 0.29) is 0 Å². The molecule has 4 rings (SSSR count). The predicted octanol–water partition coefficient (Wildman–Crippen LogP) is 4.94. The summed E-state index contributed by atoms with van der Waals surface area (Å²) in [4.78, 5) is 18.8. The standard InChI is InChI=1S/C26H29ClN6/c1-19(28)24(20(2)31-23-6-4-3-5-7-23)18-32-14-16-33(17-15-32)26-25(29-12-13-30-26)21-8-10-22(27)11-9-21/h3-13H,14-18,28H2,1-2H3/b24-19-,31-20?. The second-order valence-corrected chi connectivity index (χ2v) is 8.63. The van der Waals surface area contributed by atoms with Crippen LogP contribution >= 0.6 is 11.6 Å². The van der Waals surface area contributed by atoms with Gasteiger partial charge in [0, 0.05) is 72.7 Å². The van der Waals surface area contributed by atoms with Gasteiger partial charge in [0.15, 0.2) is 5.82 Å². The van der Waals surface area contributed by atoms with Crippen LogP contribution in [-0.4, -0.2) is 53.3 Å². The molecule has 7 heteroatoms. The van der Waals surface area contributed by atoms with Crippen LogP contribution in [0.15, 0.2) is 83.3 Å². The van der Waals surface area contributed by atoms with Gasteiger partial charge in [0.2, 0.25) is 0 Å². The molecule has 0 unspecified atom stereocenters. The van der Waals surface area contributed by atoms with Gasteiger partial charge in [-0.25, -0.2) is 4.98 Å². The minimum Gasteiger partial charge on any atom is -0.402 e. The van der Waals surface area contributed by atoms with Crippen molar-refractivity contribution in [3.63, 3.8) is 0 Å². The van der Waals surface area contributed by atoms with Crippen molar-refractivity contribution in [1.29, 1.82) is 0 Å². The van der Waals surface area contributed by atoms with Crippen molar-refractivity contribution in [1.82, 2.24) is 14.9 Å². The molecule has 0 radical (unpaired) electrons. The molecule has 0 saturated carbocycles. The van der Waals surface area contributed by atoms with Crippen LogP contribution in [0.25, 0.3) is 11.3 Å². The monoisotopic (exact) mass is 460 g/mol. The highest BCUT2D eigenvalue weighted by Gasteiger charge is 2.22. The average Bonchev–Trinajstić information content (AvgIpc) is 2.84. The third kappa shape index (κ3) is 5.78. The molecule has 0 bridgehead atoms. The number of nitrogens with zero attached hydrogens (tertiary/aromatic N) is 5. The van der Waals surface area contributed by atoms with E-state index in [0.717, 1.165) is 72.5 Å². The number of aliphatic imine (C=N–C) groups is 1. The Kier molecular flexibility index (Phi) is 7.37. The van der Waals surface area contributed by atoms with Crippen molar-refractivity contribution < 1.29 is 0 Å². The first kappa shape index (κ1) is 23.0. The predicted molar refractivity (Wildman–Crippen MR) is 137 cm³/mol. The number of nitrogens with two attached hydrogens (primary N) is 1. The number of anilines is 1. The molecule has 2 heterocycles. The van der Waals surface area contributed by atoms with Crippen LogP contribution in [-0.2, 0) is 0 Å². The van der Waals surface area contributed by atoms with Crippen LogP contribution < -0.4 is 10.6 Å². The maximum Gasteiger partial charge on any atom is 0.155 e. The molecule has 2 N–H and O–H groups in total. The average molecular weight is 461 g/mol. The van der Waals surface area contributed by atoms with Gasteiger partial charge in [-0.2, -0.15) is 0 Å². The number of allylic oxidation sites excluding steroid dienone is 1. The van der Waals surface area contributed by atoms with E-state index in [2.05, 4.69) is 19.8 Å². The lowest BCUT2D eigenvalue weighted by molar-refractivity contribution is 0.280. The third-order valence-corrected chi connectivity index (χ3v) is 6.07. The van der Waals surface area contributed by atoms with Crippen molar-refractivity contribution in [3.05, 3.63) is 83.3 Å². The Morgan fingerprint density at radius 1 is 0.939 bits per heavy atom. The Bertz CT molecular complexity index is 1130. The van der Waals surface area contributed by atoms with Crippen LogP contribution in [0, 0.1) is 0 Å². The molecule has 0 atom stereocenters. The molecule has 1 aliphatic rings. The van der Waals surface area contributed by atoms with E-state index >= 15 is 0 Å². The van der Waals surface area contributed by atoms with E-state index in [1.54, 1.807) is 12.4 Å². The van der Waals surface area contributed by atoms with E-state index < -0.39 is 0 Å². The molecule has 0 amide bonds. The molecule has 170 valence electrons. The van der Waals surface area contributed by atoms with Gasteiger partial charge in [0.1, 0.15) is 5.69 Å². The number of hydrogen-bond acceptors (Lipinski definition) is 6. The summed E-state index contributed by atoms with van der Waals surface area (Å²) in [5.74, 6) is 0.909. The topological polar surface area (TPSA) is 70.6 Å². The second-order valence-electron chi connectivity index (χ2n) is 8.19. The highest BCUT2D eigenvalue weighted by molar-refractivity contribution is 6.30. The van der Waals surface area contributed by atoms with Crippen LogP contribution in [0.5, 0.6) is 0 Å². The van der Waals surface area contributed by atoms with Gasteiger partial charge >= 0.3 is 0 Å². The smallest absolute Gasteiger partial charge is 0.155 e. The normalized spacial score (nSPS) is 16.0.